The van der Waals surface area contributed by atoms with Gasteiger partial charge in [0.2, 0.25) is 0 Å². The van der Waals surface area contributed by atoms with Crippen LogP contribution in [0.1, 0.15) is 11.1 Å². The molecule has 9 heteroatoms. The summed E-state index contributed by atoms with van der Waals surface area (Å²) in [5, 5.41) is 20.1. The molecule has 0 radical (unpaired) electrons. The van der Waals surface area contributed by atoms with Crippen molar-refractivity contribution in [2.24, 2.45) is 10.2 Å². The summed E-state index contributed by atoms with van der Waals surface area (Å²) in [6.07, 6.45) is 6.26. The average Bonchev–Trinajstić information content (AvgIpc) is 2.55. The van der Waals surface area contributed by atoms with Gasteiger partial charge in [-0.2, -0.15) is 0 Å². The Labute approximate surface area is 131 Å². The van der Waals surface area contributed by atoms with E-state index in [0.717, 1.165) is 0 Å². The summed E-state index contributed by atoms with van der Waals surface area (Å²) >= 11 is 0. The van der Waals surface area contributed by atoms with Gasteiger partial charge in [-0.1, -0.05) is 0 Å². The molecule has 112 valence electrons. The average molecular weight is 333 g/mol. The van der Waals surface area contributed by atoms with Crippen molar-refractivity contribution in [1.82, 2.24) is 9.97 Å². The van der Waals surface area contributed by atoms with E-state index in [1.54, 1.807) is 49.1 Å². The van der Waals surface area contributed by atoms with Gasteiger partial charge in [0.25, 0.3) is 0 Å². The van der Waals surface area contributed by atoms with E-state index in [2.05, 4.69) is 20.2 Å². The van der Waals surface area contributed by atoms with Gasteiger partial charge >= 0.3 is 28.3 Å². The van der Waals surface area contributed by atoms with Crippen LogP contribution < -0.4 is 0 Å². The molecule has 0 bridgehead atoms. The zero-order chi connectivity index (χ0) is 14.8. The zero-order valence-corrected chi connectivity index (χ0v) is 11.7. The molecular formula is C12H14N6NiO2+2. The fraction of sp³-hybridized carbons (Fsp3) is 0. The van der Waals surface area contributed by atoms with Crippen LogP contribution in [0.15, 0.2) is 59.3 Å². The maximum absolute atomic E-state index is 7.10. The van der Waals surface area contributed by atoms with E-state index < -0.39 is 0 Å². The Bertz CT molecular complexity index is 523. The summed E-state index contributed by atoms with van der Waals surface area (Å²) in [6, 6.07) is 6.56. The standard InChI is InChI=1S/2C6H6N3O.Ni/c2*7-9-6(10)5-1-3-8-4-2-5;/h2*1-4H,(H2-,7,8,9,10);/q2*-1;+2/p+2. The number of rotatable bonds is 2. The van der Waals surface area contributed by atoms with Crippen LogP contribution in [0, 0.1) is 0 Å². The summed E-state index contributed by atoms with van der Waals surface area (Å²) in [5.41, 5.74) is 1.23. The summed E-state index contributed by atoms with van der Waals surface area (Å²) in [7, 11) is 0. The molecule has 2 rings (SSSR count). The molecule has 8 nitrogen and oxygen atoms in total. The number of pyridine rings is 2. The molecule has 6 N–H and O–H groups in total. The van der Waals surface area contributed by atoms with Gasteiger partial charge in [-0.3, -0.25) is 20.2 Å². The quantitative estimate of drug-likeness (QED) is 0.266. The second kappa shape index (κ2) is 10.2. The van der Waals surface area contributed by atoms with E-state index in [1.807, 2.05) is 0 Å². The van der Waals surface area contributed by atoms with Crippen LogP contribution in [-0.4, -0.2) is 32.0 Å². The molecule has 2 aromatic rings. The first-order valence-corrected chi connectivity index (χ1v) is 5.42. The largest absolute Gasteiger partial charge is 2.00 e. The number of aromatic nitrogens is 2. The molecule has 0 aliphatic rings. The van der Waals surface area contributed by atoms with Gasteiger partial charge in [0, 0.05) is 24.8 Å². The van der Waals surface area contributed by atoms with Gasteiger partial charge in [0.05, 0.1) is 11.1 Å². The Hall–Kier alpha value is -2.67. The molecule has 0 aromatic carbocycles. The summed E-state index contributed by atoms with van der Waals surface area (Å²) in [4.78, 5) is 7.53. The molecule has 0 unspecified atom stereocenters. The van der Waals surface area contributed by atoms with Crippen molar-refractivity contribution in [1.29, 1.82) is 0 Å². The molecule has 0 spiro atoms. The third kappa shape index (κ3) is 6.35. The first kappa shape index (κ1) is 18.3. The summed E-state index contributed by atoms with van der Waals surface area (Å²) < 4.78 is 0. The molecule has 0 aliphatic carbocycles. The monoisotopic (exact) mass is 332 g/mol. The van der Waals surface area contributed by atoms with Crippen LogP contribution in [-0.2, 0) is 16.5 Å². The molecule has 0 saturated carbocycles. The van der Waals surface area contributed by atoms with Crippen molar-refractivity contribution < 1.29 is 26.7 Å². The van der Waals surface area contributed by atoms with Crippen LogP contribution >= 0.6 is 0 Å². The molecule has 0 amide bonds. The second-order valence-electron chi connectivity index (χ2n) is 3.39. The SMILES string of the molecule is [NH-]N=C([OH2+])c1ccncc1.[NH-]N=C([OH2+])c1ccncc1.[Ni+2]. The third-order valence-corrected chi connectivity index (χ3v) is 2.13. The van der Waals surface area contributed by atoms with Crippen LogP contribution in [0.3, 0.4) is 0 Å². The van der Waals surface area contributed by atoms with Gasteiger partial charge in [0.1, 0.15) is 0 Å². The van der Waals surface area contributed by atoms with Gasteiger partial charge < -0.3 is 21.9 Å². The Morgan fingerprint density at radius 2 is 1.05 bits per heavy atom. The van der Waals surface area contributed by atoms with Gasteiger partial charge in [0.15, 0.2) is 0 Å². The molecule has 2 aromatic heterocycles. The minimum Gasteiger partial charge on any atom is -0.609 e. The minimum absolute atomic E-state index is 0. The third-order valence-electron chi connectivity index (χ3n) is 2.13. The molecular weight excluding hydrogens is 319 g/mol. The van der Waals surface area contributed by atoms with E-state index in [-0.39, 0.29) is 28.3 Å². The van der Waals surface area contributed by atoms with Crippen LogP contribution in [0.5, 0.6) is 0 Å². The minimum atomic E-state index is -0.0394. The normalized spacial score (nSPS) is 10.9. The second-order valence-corrected chi connectivity index (χ2v) is 3.39. The molecule has 21 heavy (non-hydrogen) atoms. The van der Waals surface area contributed by atoms with Crippen molar-refractivity contribution in [2.45, 2.75) is 0 Å². The number of nitrogens with one attached hydrogen (secondary N) is 2. The van der Waals surface area contributed by atoms with E-state index in [0.29, 0.717) is 11.1 Å². The van der Waals surface area contributed by atoms with Crippen molar-refractivity contribution >= 4 is 11.8 Å². The van der Waals surface area contributed by atoms with Gasteiger partial charge in [-0.25, -0.2) is 0 Å². The van der Waals surface area contributed by atoms with E-state index >= 15 is 0 Å². The number of nitrogens with zero attached hydrogens (tertiary/aromatic N) is 4. The van der Waals surface area contributed by atoms with Gasteiger partial charge in [-0.05, 0) is 24.3 Å². The number of hydrogen-bond donors (Lipinski definition) is 0. The van der Waals surface area contributed by atoms with Gasteiger partial charge in [-0.15, -0.1) is 0 Å². The topological polar surface area (TPSA) is 144 Å². The number of hydrogen-bond acceptors (Lipinski definition) is 4. The van der Waals surface area contributed by atoms with E-state index in [4.69, 9.17) is 21.9 Å². The maximum Gasteiger partial charge on any atom is 2.00 e. The molecule has 0 atom stereocenters. The molecule has 0 saturated heterocycles. The fourth-order valence-corrected chi connectivity index (χ4v) is 1.15. The van der Waals surface area contributed by atoms with Crippen LogP contribution in [0.2, 0.25) is 0 Å². The van der Waals surface area contributed by atoms with Crippen LogP contribution in [0.25, 0.3) is 11.7 Å². The predicted octanol–water partition coefficient (Wildman–Crippen LogP) is 1.04. The maximum atomic E-state index is 7.10. The Kier molecular flexibility index (Phi) is 8.87. The smallest absolute Gasteiger partial charge is 0.609 e. The molecule has 0 aliphatic heterocycles. The molecule has 0 fully saturated rings. The fourth-order valence-electron chi connectivity index (χ4n) is 1.15. The first-order chi connectivity index (χ1) is 9.69. The Balaban J connectivity index is 0.000000364. The van der Waals surface area contributed by atoms with Crippen molar-refractivity contribution in [3.05, 3.63) is 71.9 Å². The van der Waals surface area contributed by atoms with Crippen molar-refractivity contribution in [2.75, 3.05) is 0 Å². The first-order valence-electron chi connectivity index (χ1n) is 5.42. The predicted molar refractivity (Wildman–Crippen MR) is 77.4 cm³/mol. The van der Waals surface area contributed by atoms with Crippen molar-refractivity contribution in [3.8, 4) is 0 Å². The summed E-state index contributed by atoms with van der Waals surface area (Å²) in [6.45, 7) is 0. The van der Waals surface area contributed by atoms with E-state index in [1.165, 1.54) is 0 Å². The van der Waals surface area contributed by atoms with Crippen LogP contribution in [0.4, 0.5) is 0 Å². The van der Waals surface area contributed by atoms with Crippen molar-refractivity contribution in [3.63, 3.8) is 0 Å². The summed E-state index contributed by atoms with van der Waals surface area (Å²) in [5.74, 6) is 13.0. The Morgan fingerprint density at radius 1 is 0.762 bits per heavy atom. The van der Waals surface area contributed by atoms with E-state index in [9.17, 15) is 0 Å². The zero-order valence-electron chi connectivity index (χ0n) is 10.7. The molecule has 2 heterocycles. The Morgan fingerprint density at radius 3 is 1.29 bits per heavy atom.